The van der Waals surface area contributed by atoms with Crippen molar-refractivity contribution in [2.24, 2.45) is 5.92 Å². The Bertz CT molecular complexity index is 582. The number of pyridine rings is 1. The van der Waals surface area contributed by atoms with E-state index in [1.165, 1.54) is 24.9 Å². The van der Waals surface area contributed by atoms with E-state index < -0.39 is 0 Å². The number of piperidine rings is 1. The Kier molecular flexibility index (Phi) is 4.34. The second-order valence-electron chi connectivity index (χ2n) is 6.22. The van der Waals surface area contributed by atoms with Gasteiger partial charge < -0.3 is 5.32 Å². The van der Waals surface area contributed by atoms with Crippen LogP contribution in [-0.4, -0.2) is 27.9 Å². The van der Waals surface area contributed by atoms with Crippen molar-refractivity contribution in [3.8, 4) is 11.4 Å². The van der Waals surface area contributed by atoms with Gasteiger partial charge in [0.2, 0.25) is 0 Å². The average Bonchev–Trinajstić information content (AvgIpc) is 2.98. The van der Waals surface area contributed by atoms with Crippen LogP contribution in [0.15, 0.2) is 30.6 Å². The third-order valence-electron chi connectivity index (χ3n) is 4.17. The van der Waals surface area contributed by atoms with Gasteiger partial charge in [-0.2, -0.15) is 5.10 Å². The van der Waals surface area contributed by atoms with Gasteiger partial charge in [0.15, 0.2) is 0 Å². The predicted molar refractivity (Wildman–Crippen MR) is 85.1 cm³/mol. The molecule has 21 heavy (non-hydrogen) atoms. The minimum absolute atomic E-state index is 0.350. The summed E-state index contributed by atoms with van der Waals surface area (Å²) in [6.45, 7) is 6.61. The van der Waals surface area contributed by atoms with Crippen LogP contribution in [0.1, 0.15) is 38.3 Å². The SMILES string of the molecule is CC(C)n1nccc1-c1cc(C[C@H]2CCCNC2)ccn1. The minimum Gasteiger partial charge on any atom is -0.316 e. The maximum Gasteiger partial charge on any atom is 0.0885 e. The van der Waals surface area contributed by atoms with E-state index in [0.29, 0.717) is 6.04 Å². The molecule has 1 N–H and O–H groups in total. The topological polar surface area (TPSA) is 42.7 Å². The van der Waals surface area contributed by atoms with Crippen LogP contribution in [-0.2, 0) is 6.42 Å². The lowest BCUT2D eigenvalue weighted by Gasteiger charge is -2.22. The number of nitrogens with zero attached hydrogens (tertiary/aromatic N) is 3. The number of nitrogens with one attached hydrogen (secondary N) is 1. The van der Waals surface area contributed by atoms with E-state index in [-0.39, 0.29) is 0 Å². The standard InChI is InChI=1S/C17H24N4/c1-13(2)21-17(6-9-20-21)16-11-14(5-8-19-16)10-15-4-3-7-18-12-15/h5-6,8-9,11,13,15,18H,3-4,7,10,12H2,1-2H3/t15-/m1/s1. The van der Waals surface area contributed by atoms with Gasteiger partial charge in [0.1, 0.15) is 0 Å². The maximum atomic E-state index is 4.54. The summed E-state index contributed by atoms with van der Waals surface area (Å²) in [4.78, 5) is 4.54. The van der Waals surface area contributed by atoms with Gasteiger partial charge in [0.05, 0.1) is 11.4 Å². The molecule has 0 amide bonds. The molecule has 0 saturated carbocycles. The summed E-state index contributed by atoms with van der Waals surface area (Å²) < 4.78 is 2.04. The van der Waals surface area contributed by atoms with Gasteiger partial charge in [0, 0.05) is 18.4 Å². The molecule has 2 aromatic heterocycles. The fourth-order valence-electron chi connectivity index (χ4n) is 3.10. The molecule has 112 valence electrons. The minimum atomic E-state index is 0.350. The molecular formula is C17H24N4. The van der Waals surface area contributed by atoms with E-state index in [1.54, 1.807) is 0 Å². The average molecular weight is 284 g/mol. The lowest BCUT2D eigenvalue weighted by molar-refractivity contribution is 0.376. The molecule has 3 heterocycles. The Morgan fingerprint density at radius 3 is 3.00 bits per heavy atom. The molecule has 0 aliphatic carbocycles. The van der Waals surface area contributed by atoms with Crippen LogP contribution >= 0.6 is 0 Å². The normalized spacial score (nSPS) is 19.1. The highest BCUT2D eigenvalue weighted by molar-refractivity contribution is 5.55. The Hall–Kier alpha value is -1.68. The highest BCUT2D eigenvalue weighted by atomic mass is 15.3. The molecule has 4 heteroatoms. The van der Waals surface area contributed by atoms with Crippen LogP contribution in [0.2, 0.25) is 0 Å². The second-order valence-corrected chi connectivity index (χ2v) is 6.22. The van der Waals surface area contributed by atoms with Crippen molar-refractivity contribution < 1.29 is 0 Å². The highest BCUT2D eigenvalue weighted by Gasteiger charge is 2.15. The Balaban J connectivity index is 1.80. The fourth-order valence-corrected chi connectivity index (χ4v) is 3.10. The summed E-state index contributed by atoms with van der Waals surface area (Å²) >= 11 is 0. The van der Waals surface area contributed by atoms with Gasteiger partial charge in [-0.05, 0) is 75.9 Å². The first-order chi connectivity index (χ1) is 10.2. The highest BCUT2D eigenvalue weighted by Crippen LogP contribution is 2.23. The molecule has 1 saturated heterocycles. The lowest BCUT2D eigenvalue weighted by Crippen LogP contribution is -2.30. The van der Waals surface area contributed by atoms with Crippen molar-refractivity contribution in [1.29, 1.82) is 0 Å². The molecule has 0 bridgehead atoms. The van der Waals surface area contributed by atoms with Crippen LogP contribution in [0.5, 0.6) is 0 Å². The molecule has 0 aromatic carbocycles. The van der Waals surface area contributed by atoms with E-state index in [2.05, 4.69) is 41.4 Å². The molecule has 1 aliphatic rings. The van der Waals surface area contributed by atoms with Crippen LogP contribution in [0.4, 0.5) is 0 Å². The van der Waals surface area contributed by atoms with Crippen molar-refractivity contribution in [1.82, 2.24) is 20.1 Å². The van der Waals surface area contributed by atoms with Crippen LogP contribution in [0.3, 0.4) is 0 Å². The summed E-state index contributed by atoms with van der Waals surface area (Å²) in [6, 6.07) is 6.77. The smallest absolute Gasteiger partial charge is 0.0885 e. The molecule has 4 nitrogen and oxygen atoms in total. The Morgan fingerprint density at radius 2 is 2.24 bits per heavy atom. The van der Waals surface area contributed by atoms with Gasteiger partial charge in [0.25, 0.3) is 0 Å². The molecule has 2 aromatic rings. The third kappa shape index (κ3) is 3.32. The zero-order chi connectivity index (χ0) is 14.7. The fraction of sp³-hybridized carbons (Fsp3) is 0.529. The van der Waals surface area contributed by atoms with Crippen LogP contribution in [0, 0.1) is 5.92 Å². The first-order valence-electron chi connectivity index (χ1n) is 7.93. The molecule has 0 radical (unpaired) electrons. The monoisotopic (exact) mass is 284 g/mol. The van der Waals surface area contributed by atoms with Gasteiger partial charge in [-0.1, -0.05) is 0 Å². The number of hydrogen-bond acceptors (Lipinski definition) is 3. The third-order valence-corrected chi connectivity index (χ3v) is 4.17. The molecule has 0 unspecified atom stereocenters. The van der Waals surface area contributed by atoms with Gasteiger partial charge >= 0.3 is 0 Å². The number of hydrogen-bond donors (Lipinski definition) is 1. The first kappa shape index (κ1) is 14.3. The van der Waals surface area contributed by atoms with Crippen molar-refractivity contribution >= 4 is 0 Å². The summed E-state index contributed by atoms with van der Waals surface area (Å²) in [5.74, 6) is 0.754. The van der Waals surface area contributed by atoms with Crippen molar-refractivity contribution in [3.63, 3.8) is 0 Å². The second kappa shape index (κ2) is 6.39. The Morgan fingerprint density at radius 1 is 1.33 bits per heavy atom. The molecule has 0 spiro atoms. The molecule has 3 rings (SSSR count). The quantitative estimate of drug-likeness (QED) is 0.938. The van der Waals surface area contributed by atoms with Crippen molar-refractivity contribution in [2.45, 2.75) is 39.2 Å². The summed E-state index contributed by atoms with van der Waals surface area (Å²) in [7, 11) is 0. The summed E-state index contributed by atoms with van der Waals surface area (Å²) in [6.07, 6.45) is 7.54. The number of aromatic nitrogens is 3. The lowest BCUT2D eigenvalue weighted by atomic mass is 9.92. The van der Waals surface area contributed by atoms with Gasteiger partial charge in [-0.3, -0.25) is 9.67 Å². The molecule has 1 aliphatic heterocycles. The van der Waals surface area contributed by atoms with E-state index in [4.69, 9.17) is 0 Å². The molecule has 1 atom stereocenters. The van der Waals surface area contributed by atoms with Crippen molar-refractivity contribution in [3.05, 3.63) is 36.2 Å². The summed E-state index contributed by atoms with van der Waals surface area (Å²) in [5.41, 5.74) is 3.52. The molecular weight excluding hydrogens is 260 g/mol. The largest absolute Gasteiger partial charge is 0.316 e. The van der Waals surface area contributed by atoms with Gasteiger partial charge in [-0.15, -0.1) is 0 Å². The van der Waals surface area contributed by atoms with E-state index in [1.807, 2.05) is 23.1 Å². The zero-order valence-corrected chi connectivity index (χ0v) is 12.9. The maximum absolute atomic E-state index is 4.54. The van der Waals surface area contributed by atoms with Gasteiger partial charge in [-0.25, -0.2) is 0 Å². The van der Waals surface area contributed by atoms with E-state index in [9.17, 15) is 0 Å². The summed E-state index contributed by atoms with van der Waals surface area (Å²) in [5, 5.41) is 7.90. The molecule has 1 fully saturated rings. The zero-order valence-electron chi connectivity index (χ0n) is 12.9. The Labute approximate surface area is 126 Å². The first-order valence-corrected chi connectivity index (χ1v) is 7.93. The number of rotatable bonds is 4. The van der Waals surface area contributed by atoms with E-state index in [0.717, 1.165) is 30.3 Å². The predicted octanol–water partition coefficient (Wildman–Crippen LogP) is 3.07. The van der Waals surface area contributed by atoms with Crippen LogP contribution in [0.25, 0.3) is 11.4 Å². The van der Waals surface area contributed by atoms with Crippen LogP contribution < -0.4 is 5.32 Å². The van der Waals surface area contributed by atoms with E-state index >= 15 is 0 Å². The van der Waals surface area contributed by atoms with Crippen molar-refractivity contribution in [2.75, 3.05) is 13.1 Å².